The van der Waals surface area contributed by atoms with Crippen LogP contribution in [0.3, 0.4) is 0 Å². The van der Waals surface area contributed by atoms with Crippen LogP contribution >= 0.6 is 0 Å². The van der Waals surface area contributed by atoms with Crippen LogP contribution < -0.4 is 14.9 Å². The number of fused-ring (bicyclic) bond motifs is 1. The van der Waals surface area contributed by atoms with Crippen LogP contribution in [0.5, 0.6) is 11.5 Å². The van der Waals surface area contributed by atoms with Crippen LogP contribution in [0.2, 0.25) is 0 Å². The van der Waals surface area contributed by atoms with E-state index in [-0.39, 0.29) is 5.43 Å². The van der Waals surface area contributed by atoms with Crippen LogP contribution in [0.1, 0.15) is 31.0 Å². The molecule has 4 aromatic rings. The van der Waals surface area contributed by atoms with Crippen molar-refractivity contribution in [2.45, 2.75) is 33.1 Å². The lowest BCUT2D eigenvalue weighted by atomic mass is 9.98. The highest BCUT2D eigenvalue weighted by Crippen LogP contribution is 2.28. The second-order valence-electron chi connectivity index (χ2n) is 7.94. The summed E-state index contributed by atoms with van der Waals surface area (Å²) in [6, 6.07) is 23.5. The predicted molar refractivity (Wildman–Crippen MR) is 131 cm³/mol. The summed E-state index contributed by atoms with van der Waals surface area (Å²) in [6.07, 6.45) is 2.99. The molecular formula is C28H29NO3. The van der Waals surface area contributed by atoms with E-state index in [4.69, 9.17) is 9.47 Å². The minimum absolute atomic E-state index is 0.0548. The third-order valence-electron chi connectivity index (χ3n) is 5.58. The van der Waals surface area contributed by atoms with E-state index in [2.05, 4.69) is 11.9 Å². The summed E-state index contributed by atoms with van der Waals surface area (Å²) >= 11 is 0. The van der Waals surface area contributed by atoms with Crippen molar-refractivity contribution < 1.29 is 9.47 Å². The average molecular weight is 428 g/mol. The van der Waals surface area contributed by atoms with Crippen molar-refractivity contribution in [3.63, 3.8) is 0 Å². The van der Waals surface area contributed by atoms with Gasteiger partial charge in [-0.25, -0.2) is 0 Å². The van der Waals surface area contributed by atoms with E-state index in [0.29, 0.717) is 18.6 Å². The van der Waals surface area contributed by atoms with Crippen molar-refractivity contribution in [1.82, 2.24) is 4.98 Å². The molecule has 164 valence electrons. The maximum atomic E-state index is 13.4. The van der Waals surface area contributed by atoms with E-state index >= 15 is 0 Å². The van der Waals surface area contributed by atoms with Gasteiger partial charge in [-0.2, -0.15) is 0 Å². The Labute approximate surface area is 188 Å². The van der Waals surface area contributed by atoms with Gasteiger partial charge in [0.25, 0.3) is 0 Å². The SMILES string of the molecule is CCCCc1cc2c(=O)c(-c3ccccc3)c(C)[nH]c2cc1OCCOc1ccccc1. The fourth-order valence-corrected chi connectivity index (χ4v) is 3.96. The summed E-state index contributed by atoms with van der Waals surface area (Å²) < 4.78 is 11.9. The molecule has 0 saturated heterocycles. The van der Waals surface area contributed by atoms with Crippen LogP contribution in [0, 0.1) is 6.92 Å². The molecule has 0 bridgehead atoms. The minimum atomic E-state index is 0.0548. The number of aryl methyl sites for hydroxylation is 2. The Morgan fingerprint density at radius 1 is 0.875 bits per heavy atom. The van der Waals surface area contributed by atoms with Crippen molar-refractivity contribution in [2.75, 3.05) is 13.2 Å². The minimum Gasteiger partial charge on any atom is -0.490 e. The number of ether oxygens (including phenoxy) is 2. The monoisotopic (exact) mass is 427 g/mol. The molecule has 0 aliphatic heterocycles. The Morgan fingerprint density at radius 3 is 2.28 bits per heavy atom. The molecule has 1 N–H and O–H groups in total. The van der Waals surface area contributed by atoms with Gasteiger partial charge in [-0.05, 0) is 49.1 Å². The Balaban J connectivity index is 1.64. The molecule has 0 aliphatic carbocycles. The van der Waals surface area contributed by atoms with Crippen LogP contribution in [0.4, 0.5) is 0 Å². The largest absolute Gasteiger partial charge is 0.490 e. The van der Waals surface area contributed by atoms with Gasteiger partial charge in [-0.1, -0.05) is 61.9 Å². The molecule has 4 nitrogen and oxygen atoms in total. The van der Waals surface area contributed by atoms with E-state index in [0.717, 1.165) is 58.7 Å². The first-order valence-corrected chi connectivity index (χ1v) is 11.2. The number of pyridine rings is 1. The van der Waals surface area contributed by atoms with Gasteiger partial charge in [0.15, 0.2) is 5.43 Å². The number of nitrogens with one attached hydrogen (secondary N) is 1. The van der Waals surface area contributed by atoms with Gasteiger partial charge in [-0.3, -0.25) is 4.79 Å². The zero-order valence-electron chi connectivity index (χ0n) is 18.7. The van der Waals surface area contributed by atoms with E-state index in [1.54, 1.807) is 0 Å². The summed E-state index contributed by atoms with van der Waals surface area (Å²) in [5.74, 6) is 1.64. The number of hydrogen-bond acceptors (Lipinski definition) is 3. The fourth-order valence-electron chi connectivity index (χ4n) is 3.96. The van der Waals surface area contributed by atoms with Crippen molar-refractivity contribution in [1.29, 1.82) is 0 Å². The van der Waals surface area contributed by atoms with Crippen molar-refractivity contribution in [2.24, 2.45) is 0 Å². The first-order valence-electron chi connectivity index (χ1n) is 11.2. The average Bonchev–Trinajstić information content (AvgIpc) is 2.82. The third kappa shape index (κ3) is 4.86. The van der Waals surface area contributed by atoms with Crippen LogP contribution in [-0.4, -0.2) is 18.2 Å². The highest BCUT2D eigenvalue weighted by Gasteiger charge is 2.15. The lowest BCUT2D eigenvalue weighted by Crippen LogP contribution is -2.12. The van der Waals surface area contributed by atoms with Crippen LogP contribution in [0.15, 0.2) is 77.6 Å². The third-order valence-corrected chi connectivity index (χ3v) is 5.58. The summed E-state index contributed by atoms with van der Waals surface area (Å²) in [7, 11) is 0. The zero-order chi connectivity index (χ0) is 22.3. The quantitative estimate of drug-likeness (QED) is 0.319. The molecule has 1 heterocycles. The molecule has 4 heteroatoms. The number of benzene rings is 3. The highest BCUT2D eigenvalue weighted by atomic mass is 16.5. The van der Waals surface area contributed by atoms with E-state index in [1.165, 1.54) is 0 Å². The van der Waals surface area contributed by atoms with Gasteiger partial charge in [-0.15, -0.1) is 0 Å². The van der Waals surface area contributed by atoms with E-state index < -0.39 is 0 Å². The molecule has 32 heavy (non-hydrogen) atoms. The molecule has 0 unspecified atom stereocenters. The van der Waals surface area contributed by atoms with E-state index in [1.807, 2.05) is 79.7 Å². The second-order valence-corrected chi connectivity index (χ2v) is 7.94. The first kappa shape index (κ1) is 21.7. The Kier molecular flexibility index (Phi) is 6.90. The van der Waals surface area contributed by atoms with Crippen LogP contribution in [0.25, 0.3) is 22.0 Å². The first-order chi connectivity index (χ1) is 15.7. The van der Waals surface area contributed by atoms with E-state index in [9.17, 15) is 4.79 Å². The fraction of sp³-hybridized carbons (Fsp3) is 0.250. The normalized spacial score (nSPS) is 10.9. The van der Waals surface area contributed by atoms with Crippen molar-refractivity contribution >= 4 is 10.9 Å². The van der Waals surface area contributed by atoms with Gasteiger partial charge in [0.05, 0.1) is 5.52 Å². The second kappa shape index (κ2) is 10.2. The Morgan fingerprint density at radius 2 is 1.56 bits per heavy atom. The standard InChI is InChI=1S/C28H29NO3/c1-3-4-11-22-18-24-25(19-26(22)32-17-16-31-23-14-9-6-10-15-23)29-20(2)27(28(24)30)21-12-7-5-8-13-21/h5-10,12-15,18-19H,3-4,11,16-17H2,1-2H3,(H,29,30). The summed E-state index contributed by atoms with van der Waals surface area (Å²) in [6.45, 7) is 5.00. The summed E-state index contributed by atoms with van der Waals surface area (Å²) in [5.41, 5.74) is 4.43. The molecule has 0 amide bonds. The molecule has 0 spiro atoms. The number of para-hydroxylation sites is 1. The number of aromatic nitrogens is 1. The zero-order valence-corrected chi connectivity index (χ0v) is 18.7. The van der Waals surface area contributed by atoms with Crippen molar-refractivity contribution in [3.8, 4) is 22.6 Å². The predicted octanol–water partition coefficient (Wildman–Crippen LogP) is 6.30. The number of hydrogen-bond donors (Lipinski definition) is 1. The smallest absolute Gasteiger partial charge is 0.197 e. The van der Waals surface area contributed by atoms with Gasteiger partial charge in [0, 0.05) is 22.7 Å². The maximum absolute atomic E-state index is 13.4. The number of unbranched alkanes of at least 4 members (excludes halogenated alkanes) is 1. The number of rotatable bonds is 9. The lowest BCUT2D eigenvalue weighted by molar-refractivity contribution is 0.216. The van der Waals surface area contributed by atoms with Crippen LogP contribution in [-0.2, 0) is 6.42 Å². The molecule has 4 rings (SSSR count). The van der Waals surface area contributed by atoms with Gasteiger partial charge in [0.1, 0.15) is 24.7 Å². The Bertz CT molecular complexity index is 1230. The van der Waals surface area contributed by atoms with Gasteiger partial charge < -0.3 is 14.5 Å². The molecular weight excluding hydrogens is 398 g/mol. The highest BCUT2D eigenvalue weighted by molar-refractivity contribution is 5.86. The number of H-pyrrole nitrogens is 1. The van der Waals surface area contributed by atoms with Gasteiger partial charge >= 0.3 is 0 Å². The molecule has 0 saturated carbocycles. The molecule has 0 atom stereocenters. The molecule has 1 aromatic heterocycles. The van der Waals surface area contributed by atoms with Gasteiger partial charge in [0.2, 0.25) is 0 Å². The number of aromatic amines is 1. The molecule has 0 fully saturated rings. The topological polar surface area (TPSA) is 51.3 Å². The molecule has 0 radical (unpaired) electrons. The Hall–Kier alpha value is -3.53. The molecule has 3 aromatic carbocycles. The summed E-state index contributed by atoms with van der Waals surface area (Å²) in [4.78, 5) is 16.8. The summed E-state index contributed by atoms with van der Waals surface area (Å²) in [5, 5.41) is 0.702. The lowest BCUT2D eigenvalue weighted by Gasteiger charge is -2.15. The maximum Gasteiger partial charge on any atom is 0.197 e. The van der Waals surface area contributed by atoms with Crippen molar-refractivity contribution in [3.05, 3.63) is 94.3 Å². The molecule has 0 aliphatic rings.